The number of guanidine groups is 1. The van der Waals surface area contributed by atoms with Crippen molar-refractivity contribution in [3.63, 3.8) is 0 Å². The zero-order chi connectivity index (χ0) is 19.8. The monoisotopic (exact) mass is 365 g/mol. The van der Waals surface area contributed by atoms with Gasteiger partial charge in [-0.15, -0.1) is 0 Å². The van der Waals surface area contributed by atoms with E-state index in [2.05, 4.69) is 15.3 Å². The average molecular weight is 365 g/mol. The van der Waals surface area contributed by atoms with Gasteiger partial charge in [-0.25, -0.2) is 4.99 Å². The SMILES string of the molecule is CN1C(=O)C(C)(C)[C@@](C)(c2cccc(NC(=O)c3ccccn3)c2)N=C1N. The molecule has 7 heteroatoms. The second-order valence-corrected chi connectivity index (χ2v) is 7.28. The Balaban J connectivity index is 1.97. The van der Waals surface area contributed by atoms with Crippen LogP contribution in [0.3, 0.4) is 0 Å². The fourth-order valence-corrected chi connectivity index (χ4v) is 3.19. The van der Waals surface area contributed by atoms with E-state index >= 15 is 0 Å². The molecule has 7 nitrogen and oxygen atoms in total. The minimum absolute atomic E-state index is 0.111. The van der Waals surface area contributed by atoms with Crippen LogP contribution in [0.4, 0.5) is 5.69 Å². The number of hydrogen-bond donors (Lipinski definition) is 2. The van der Waals surface area contributed by atoms with Crippen LogP contribution in [0.2, 0.25) is 0 Å². The number of carbonyl (C=O) groups excluding carboxylic acids is 2. The lowest BCUT2D eigenvalue weighted by Gasteiger charge is -2.46. The van der Waals surface area contributed by atoms with E-state index in [1.807, 2.05) is 39.0 Å². The summed E-state index contributed by atoms with van der Waals surface area (Å²) in [5.74, 6) is -0.246. The molecule has 1 aliphatic rings. The molecular formula is C20H23N5O2. The van der Waals surface area contributed by atoms with E-state index < -0.39 is 11.0 Å². The number of rotatable bonds is 3. The number of amides is 2. The lowest BCUT2D eigenvalue weighted by molar-refractivity contribution is -0.140. The van der Waals surface area contributed by atoms with E-state index in [0.717, 1.165) is 5.56 Å². The molecule has 2 amide bonds. The van der Waals surface area contributed by atoms with E-state index in [1.165, 1.54) is 4.90 Å². The number of carbonyl (C=O) groups is 2. The Morgan fingerprint density at radius 2 is 1.89 bits per heavy atom. The predicted molar refractivity (Wildman–Crippen MR) is 104 cm³/mol. The molecular weight excluding hydrogens is 342 g/mol. The summed E-state index contributed by atoms with van der Waals surface area (Å²) in [6.45, 7) is 5.58. The summed E-state index contributed by atoms with van der Waals surface area (Å²) in [4.78, 5) is 35.2. The van der Waals surface area contributed by atoms with Crippen LogP contribution in [0, 0.1) is 5.41 Å². The molecule has 0 saturated heterocycles. The van der Waals surface area contributed by atoms with Crippen molar-refractivity contribution in [2.75, 3.05) is 12.4 Å². The minimum atomic E-state index is -0.869. The van der Waals surface area contributed by atoms with Crippen LogP contribution in [0.15, 0.2) is 53.7 Å². The van der Waals surface area contributed by atoms with Gasteiger partial charge in [0.05, 0.1) is 5.41 Å². The van der Waals surface area contributed by atoms with E-state index in [1.54, 1.807) is 37.5 Å². The van der Waals surface area contributed by atoms with Gasteiger partial charge >= 0.3 is 0 Å². The number of aromatic nitrogens is 1. The van der Waals surface area contributed by atoms with Gasteiger partial charge in [0.15, 0.2) is 5.96 Å². The van der Waals surface area contributed by atoms with Gasteiger partial charge in [-0.3, -0.25) is 19.5 Å². The Morgan fingerprint density at radius 1 is 1.15 bits per heavy atom. The van der Waals surface area contributed by atoms with Crippen LogP contribution in [0.25, 0.3) is 0 Å². The molecule has 1 aromatic heterocycles. The fourth-order valence-electron chi connectivity index (χ4n) is 3.19. The van der Waals surface area contributed by atoms with Crippen LogP contribution in [-0.2, 0) is 10.3 Å². The summed E-state index contributed by atoms with van der Waals surface area (Å²) >= 11 is 0. The number of hydrogen-bond acceptors (Lipinski definition) is 5. The highest BCUT2D eigenvalue weighted by atomic mass is 16.2. The highest BCUT2D eigenvalue weighted by Gasteiger charge is 2.52. The summed E-state index contributed by atoms with van der Waals surface area (Å²) in [5, 5.41) is 2.84. The molecule has 0 bridgehead atoms. The van der Waals surface area contributed by atoms with Crippen LogP contribution in [-0.4, -0.2) is 34.7 Å². The maximum Gasteiger partial charge on any atom is 0.274 e. The Bertz CT molecular complexity index is 923. The van der Waals surface area contributed by atoms with Gasteiger partial charge in [-0.1, -0.05) is 18.2 Å². The second kappa shape index (κ2) is 6.50. The van der Waals surface area contributed by atoms with E-state index in [9.17, 15) is 9.59 Å². The Kier molecular flexibility index (Phi) is 4.47. The molecule has 3 N–H and O–H groups in total. The first-order chi connectivity index (χ1) is 12.7. The maximum absolute atomic E-state index is 12.8. The van der Waals surface area contributed by atoms with Gasteiger partial charge in [-0.05, 0) is 50.6 Å². The van der Waals surface area contributed by atoms with Crippen molar-refractivity contribution in [1.82, 2.24) is 9.88 Å². The molecule has 27 heavy (non-hydrogen) atoms. The number of anilines is 1. The van der Waals surface area contributed by atoms with Crippen molar-refractivity contribution in [2.45, 2.75) is 26.3 Å². The molecule has 0 aliphatic carbocycles. The molecule has 3 rings (SSSR count). The number of nitrogens with two attached hydrogens (primary N) is 1. The first kappa shape index (κ1) is 18.6. The Hall–Kier alpha value is -3.22. The summed E-state index contributed by atoms with van der Waals surface area (Å²) in [6.07, 6.45) is 1.57. The molecule has 0 unspecified atom stereocenters. The molecule has 0 radical (unpaired) electrons. The first-order valence-corrected chi connectivity index (χ1v) is 8.63. The summed E-state index contributed by atoms with van der Waals surface area (Å²) in [7, 11) is 1.62. The Labute approximate surface area is 158 Å². The molecule has 1 atom stereocenters. The highest BCUT2D eigenvalue weighted by molar-refractivity contribution is 6.03. The van der Waals surface area contributed by atoms with Gasteiger partial charge in [0.2, 0.25) is 5.91 Å². The number of nitrogens with zero attached hydrogens (tertiary/aromatic N) is 3. The van der Waals surface area contributed by atoms with E-state index in [-0.39, 0.29) is 17.8 Å². The molecule has 2 heterocycles. The number of aliphatic imine (C=N–C) groups is 1. The van der Waals surface area contributed by atoms with Crippen LogP contribution >= 0.6 is 0 Å². The van der Waals surface area contributed by atoms with Crippen molar-refractivity contribution in [2.24, 2.45) is 16.1 Å². The van der Waals surface area contributed by atoms with Gasteiger partial charge in [0.25, 0.3) is 5.91 Å². The van der Waals surface area contributed by atoms with Crippen molar-refractivity contribution < 1.29 is 9.59 Å². The predicted octanol–water partition coefficient (Wildman–Crippen LogP) is 2.36. The van der Waals surface area contributed by atoms with E-state index in [0.29, 0.717) is 11.4 Å². The van der Waals surface area contributed by atoms with Crippen molar-refractivity contribution in [3.8, 4) is 0 Å². The van der Waals surface area contributed by atoms with Gasteiger partial charge in [0.1, 0.15) is 11.2 Å². The molecule has 2 aromatic rings. The zero-order valence-corrected chi connectivity index (χ0v) is 15.9. The van der Waals surface area contributed by atoms with Crippen LogP contribution in [0.5, 0.6) is 0 Å². The summed E-state index contributed by atoms with van der Waals surface area (Å²) < 4.78 is 0. The second-order valence-electron chi connectivity index (χ2n) is 7.28. The molecule has 0 fully saturated rings. The topological polar surface area (TPSA) is 101 Å². The minimum Gasteiger partial charge on any atom is -0.369 e. The Morgan fingerprint density at radius 3 is 2.56 bits per heavy atom. The van der Waals surface area contributed by atoms with Crippen LogP contribution in [0.1, 0.15) is 36.8 Å². The maximum atomic E-state index is 12.8. The molecule has 0 spiro atoms. The van der Waals surface area contributed by atoms with E-state index in [4.69, 9.17) is 5.73 Å². The normalized spacial score (nSPS) is 21.6. The first-order valence-electron chi connectivity index (χ1n) is 8.63. The number of benzene rings is 1. The van der Waals surface area contributed by atoms with Gasteiger partial charge < -0.3 is 11.1 Å². The lowest BCUT2D eigenvalue weighted by Crippen LogP contribution is -2.58. The summed E-state index contributed by atoms with van der Waals surface area (Å²) in [6, 6.07) is 12.4. The largest absolute Gasteiger partial charge is 0.369 e. The standard InChI is InChI=1S/C20H23N5O2/c1-19(2)17(27)25(4)18(21)24-20(19,3)13-8-7-9-14(12-13)23-16(26)15-10-5-6-11-22-15/h5-12H,1-4H3,(H2,21,24)(H,23,26)/t20-/m1/s1. The quantitative estimate of drug-likeness (QED) is 0.872. The molecule has 140 valence electrons. The average Bonchev–Trinajstić information content (AvgIpc) is 2.66. The van der Waals surface area contributed by atoms with Gasteiger partial charge in [0, 0.05) is 18.9 Å². The molecule has 0 saturated carbocycles. The highest BCUT2D eigenvalue weighted by Crippen LogP contribution is 2.46. The molecule has 1 aromatic carbocycles. The molecule has 1 aliphatic heterocycles. The van der Waals surface area contributed by atoms with Crippen molar-refractivity contribution >= 4 is 23.5 Å². The third-order valence-electron chi connectivity index (χ3n) is 5.32. The third kappa shape index (κ3) is 3.05. The van der Waals surface area contributed by atoms with Crippen molar-refractivity contribution in [1.29, 1.82) is 0 Å². The van der Waals surface area contributed by atoms with Crippen molar-refractivity contribution in [3.05, 3.63) is 59.9 Å². The zero-order valence-electron chi connectivity index (χ0n) is 15.9. The summed E-state index contributed by atoms with van der Waals surface area (Å²) in [5.41, 5.74) is 6.01. The fraction of sp³-hybridized carbons (Fsp3) is 0.300. The smallest absolute Gasteiger partial charge is 0.274 e. The lowest BCUT2D eigenvalue weighted by atomic mass is 9.68. The third-order valence-corrected chi connectivity index (χ3v) is 5.32. The number of pyridine rings is 1. The number of nitrogens with one attached hydrogen (secondary N) is 1. The van der Waals surface area contributed by atoms with Gasteiger partial charge in [-0.2, -0.15) is 0 Å². The van der Waals surface area contributed by atoms with Crippen LogP contribution < -0.4 is 11.1 Å².